The Morgan fingerprint density at radius 2 is 2.09 bits per heavy atom. The normalized spacial score (nSPS) is 14.8. The Morgan fingerprint density at radius 3 is 2.36 bits per heavy atom. The second kappa shape index (κ2) is 5.35. The zero-order valence-electron chi connectivity index (χ0n) is 6.54. The number of carbonyl (C=O) groups is 1. The van der Waals surface area contributed by atoms with E-state index in [4.69, 9.17) is 16.6 Å². The highest BCUT2D eigenvalue weighted by Crippen LogP contribution is 2.07. The lowest BCUT2D eigenvalue weighted by atomic mass is 9.98. The lowest BCUT2D eigenvalue weighted by Crippen LogP contribution is -2.45. The molecule has 0 bridgehead atoms. The van der Waals surface area contributed by atoms with Crippen LogP contribution < -0.4 is 11.5 Å². The molecule has 0 fully saturated rings. The van der Waals surface area contributed by atoms with Gasteiger partial charge in [-0.2, -0.15) is 0 Å². The number of rotatable bonds is 4. The molecule has 0 unspecified atom stereocenters. The Morgan fingerprint density at radius 1 is 1.64 bits per heavy atom. The van der Waals surface area contributed by atoms with Crippen LogP contribution in [0, 0.1) is 0 Å². The molecule has 5 heteroatoms. The fourth-order valence-electron chi connectivity index (χ4n) is 0.576. The Kier molecular flexibility index (Phi) is 6.46. The predicted octanol–water partition coefficient (Wildman–Crippen LogP) is -0.0509. The minimum Gasteiger partial charge on any atom is -0.480 e. The van der Waals surface area contributed by atoms with E-state index in [-0.39, 0.29) is 12.4 Å². The van der Waals surface area contributed by atoms with Gasteiger partial charge in [-0.05, 0) is 26.3 Å². The van der Waals surface area contributed by atoms with Gasteiger partial charge in [-0.1, -0.05) is 0 Å². The van der Waals surface area contributed by atoms with Crippen LogP contribution in [0.15, 0.2) is 0 Å². The van der Waals surface area contributed by atoms with Gasteiger partial charge >= 0.3 is 5.97 Å². The Labute approximate surface area is 72.4 Å². The van der Waals surface area contributed by atoms with E-state index in [0.29, 0.717) is 19.4 Å². The SMILES string of the molecule is C[C@](N)(CCCN)C(=O)O.Cl. The summed E-state index contributed by atoms with van der Waals surface area (Å²) in [6.07, 6.45) is 1.08. The zero-order chi connectivity index (χ0) is 8.20. The summed E-state index contributed by atoms with van der Waals surface area (Å²) in [5.74, 6) is -0.971. The van der Waals surface area contributed by atoms with Crippen molar-refractivity contribution in [2.24, 2.45) is 11.5 Å². The first-order valence-corrected chi connectivity index (χ1v) is 3.23. The van der Waals surface area contributed by atoms with E-state index in [1.54, 1.807) is 0 Å². The average Bonchev–Trinajstić information content (AvgIpc) is 1.84. The Hall–Kier alpha value is -0.320. The van der Waals surface area contributed by atoms with Crippen molar-refractivity contribution in [1.29, 1.82) is 0 Å². The van der Waals surface area contributed by atoms with E-state index in [9.17, 15) is 4.79 Å². The van der Waals surface area contributed by atoms with Crippen LogP contribution in [0.1, 0.15) is 19.8 Å². The monoisotopic (exact) mass is 182 g/mol. The molecule has 4 nitrogen and oxygen atoms in total. The molecule has 0 saturated heterocycles. The molecular formula is C6H15ClN2O2. The fraction of sp³-hybridized carbons (Fsp3) is 0.833. The molecule has 68 valence electrons. The van der Waals surface area contributed by atoms with Crippen LogP contribution in [0.3, 0.4) is 0 Å². The maximum absolute atomic E-state index is 10.4. The van der Waals surface area contributed by atoms with Crippen LogP contribution in [0.2, 0.25) is 0 Å². The first-order chi connectivity index (χ1) is 4.50. The summed E-state index contributed by atoms with van der Waals surface area (Å²) < 4.78 is 0. The van der Waals surface area contributed by atoms with Gasteiger partial charge in [0.15, 0.2) is 0 Å². The summed E-state index contributed by atoms with van der Waals surface area (Å²) in [4.78, 5) is 10.4. The van der Waals surface area contributed by atoms with Gasteiger partial charge in [0.25, 0.3) is 0 Å². The van der Waals surface area contributed by atoms with Crippen molar-refractivity contribution < 1.29 is 9.90 Å². The predicted molar refractivity (Wildman–Crippen MR) is 45.8 cm³/mol. The van der Waals surface area contributed by atoms with Gasteiger partial charge in [-0.3, -0.25) is 4.79 Å². The molecule has 0 spiro atoms. The van der Waals surface area contributed by atoms with E-state index < -0.39 is 11.5 Å². The van der Waals surface area contributed by atoms with Crippen molar-refractivity contribution >= 4 is 18.4 Å². The second-order valence-corrected chi connectivity index (χ2v) is 2.61. The molecule has 11 heavy (non-hydrogen) atoms. The summed E-state index contributed by atoms with van der Waals surface area (Å²) >= 11 is 0. The lowest BCUT2D eigenvalue weighted by Gasteiger charge is -2.17. The number of hydrogen-bond donors (Lipinski definition) is 3. The van der Waals surface area contributed by atoms with Gasteiger partial charge < -0.3 is 16.6 Å². The maximum atomic E-state index is 10.4. The highest BCUT2D eigenvalue weighted by Gasteiger charge is 2.26. The average molecular weight is 183 g/mol. The summed E-state index contributed by atoms with van der Waals surface area (Å²) in [5.41, 5.74) is 9.47. The molecule has 0 aliphatic carbocycles. The van der Waals surface area contributed by atoms with Crippen LogP contribution in [-0.4, -0.2) is 23.2 Å². The van der Waals surface area contributed by atoms with Gasteiger partial charge in [0.1, 0.15) is 5.54 Å². The van der Waals surface area contributed by atoms with Crippen molar-refractivity contribution in [3.05, 3.63) is 0 Å². The van der Waals surface area contributed by atoms with Gasteiger partial charge in [0, 0.05) is 0 Å². The summed E-state index contributed by atoms with van der Waals surface area (Å²) in [5, 5.41) is 8.50. The Balaban J connectivity index is 0. The van der Waals surface area contributed by atoms with E-state index in [0.717, 1.165) is 0 Å². The number of aliphatic carboxylic acids is 1. The molecule has 0 saturated carbocycles. The maximum Gasteiger partial charge on any atom is 0.323 e. The molecule has 0 rings (SSSR count). The molecule has 0 heterocycles. The standard InChI is InChI=1S/C6H14N2O2.ClH/c1-6(8,5(9)10)3-2-4-7;/h2-4,7-8H2,1H3,(H,9,10);1H/t6-;/m0./s1. The zero-order valence-corrected chi connectivity index (χ0v) is 7.36. The van der Waals surface area contributed by atoms with Gasteiger partial charge in [-0.15, -0.1) is 12.4 Å². The minimum absolute atomic E-state index is 0. The molecule has 0 aromatic heterocycles. The van der Waals surface area contributed by atoms with Crippen LogP contribution in [-0.2, 0) is 4.79 Å². The number of nitrogens with two attached hydrogens (primary N) is 2. The lowest BCUT2D eigenvalue weighted by molar-refractivity contribution is -0.142. The largest absolute Gasteiger partial charge is 0.480 e. The number of carboxylic acids is 1. The van der Waals surface area contributed by atoms with E-state index in [1.807, 2.05) is 0 Å². The molecule has 0 amide bonds. The quantitative estimate of drug-likeness (QED) is 0.569. The van der Waals surface area contributed by atoms with Crippen LogP contribution in [0.5, 0.6) is 0 Å². The van der Waals surface area contributed by atoms with Crippen LogP contribution in [0.4, 0.5) is 0 Å². The Bertz CT molecular complexity index is 128. The topological polar surface area (TPSA) is 89.3 Å². The van der Waals surface area contributed by atoms with E-state index in [1.165, 1.54) is 6.92 Å². The highest BCUT2D eigenvalue weighted by molar-refractivity contribution is 5.85. The smallest absolute Gasteiger partial charge is 0.323 e. The molecule has 0 aromatic rings. The van der Waals surface area contributed by atoms with Crippen molar-refractivity contribution in [3.63, 3.8) is 0 Å². The third-order valence-corrected chi connectivity index (χ3v) is 1.39. The molecule has 0 aromatic carbocycles. The van der Waals surface area contributed by atoms with Crippen molar-refractivity contribution in [3.8, 4) is 0 Å². The summed E-state index contributed by atoms with van der Waals surface area (Å²) in [7, 11) is 0. The van der Waals surface area contributed by atoms with Crippen LogP contribution in [0.25, 0.3) is 0 Å². The molecule has 0 aliphatic heterocycles. The third-order valence-electron chi connectivity index (χ3n) is 1.39. The minimum atomic E-state index is -1.11. The van der Waals surface area contributed by atoms with E-state index >= 15 is 0 Å². The van der Waals surface area contributed by atoms with Gasteiger partial charge in [0.2, 0.25) is 0 Å². The van der Waals surface area contributed by atoms with Crippen LogP contribution >= 0.6 is 12.4 Å². The fourth-order valence-corrected chi connectivity index (χ4v) is 0.576. The van der Waals surface area contributed by atoms with Crippen molar-refractivity contribution in [1.82, 2.24) is 0 Å². The number of halogens is 1. The third kappa shape index (κ3) is 5.01. The van der Waals surface area contributed by atoms with Gasteiger partial charge in [-0.25, -0.2) is 0 Å². The highest BCUT2D eigenvalue weighted by atomic mass is 35.5. The second-order valence-electron chi connectivity index (χ2n) is 2.61. The number of hydrogen-bond acceptors (Lipinski definition) is 3. The summed E-state index contributed by atoms with van der Waals surface area (Å²) in [6.45, 7) is 1.98. The molecule has 1 atom stereocenters. The van der Waals surface area contributed by atoms with Crippen molar-refractivity contribution in [2.75, 3.05) is 6.54 Å². The number of carboxylic acid groups (broad SMARTS) is 1. The van der Waals surface area contributed by atoms with Crippen molar-refractivity contribution in [2.45, 2.75) is 25.3 Å². The first kappa shape index (κ1) is 13.3. The first-order valence-electron chi connectivity index (χ1n) is 3.23. The molecule has 0 aliphatic rings. The van der Waals surface area contributed by atoms with Gasteiger partial charge in [0.05, 0.1) is 0 Å². The van der Waals surface area contributed by atoms with E-state index in [2.05, 4.69) is 0 Å². The molecule has 0 radical (unpaired) electrons. The molecular weight excluding hydrogens is 168 g/mol. The summed E-state index contributed by atoms with van der Waals surface area (Å²) in [6, 6.07) is 0. The molecule has 5 N–H and O–H groups in total.